The molecule has 0 fully saturated rings. The van der Waals surface area contributed by atoms with Crippen LogP contribution in [0.25, 0.3) is 10.9 Å². The molecular weight excluding hydrogens is 274 g/mol. The third kappa shape index (κ3) is 3.89. The minimum atomic E-state index is 0.400. The summed E-state index contributed by atoms with van der Waals surface area (Å²) in [5, 5.41) is 4.76. The van der Waals surface area contributed by atoms with Crippen molar-refractivity contribution in [1.29, 1.82) is 0 Å². The van der Waals surface area contributed by atoms with Gasteiger partial charge in [-0.25, -0.2) is 0 Å². The average molecular weight is 301 g/mol. The Balaban J connectivity index is 2.28. The summed E-state index contributed by atoms with van der Waals surface area (Å²) in [4.78, 5) is 6.97. The van der Waals surface area contributed by atoms with Crippen LogP contribution in [-0.2, 0) is 0 Å². The number of ether oxygens (including phenoxy) is 1. The zero-order chi connectivity index (χ0) is 15.9. The van der Waals surface area contributed by atoms with E-state index in [0.717, 1.165) is 48.4 Å². The molecule has 1 heterocycles. The van der Waals surface area contributed by atoms with Crippen molar-refractivity contribution in [2.24, 2.45) is 0 Å². The predicted octanol–water partition coefficient (Wildman–Crippen LogP) is 3.78. The Morgan fingerprint density at radius 1 is 1.23 bits per heavy atom. The second kappa shape index (κ2) is 7.99. The molecule has 0 aliphatic heterocycles. The van der Waals surface area contributed by atoms with Crippen LogP contribution >= 0.6 is 0 Å². The number of hydrogen-bond donors (Lipinski definition) is 1. The van der Waals surface area contributed by atoms with Crippen LogP contribution in [0.4, 0.5) is 5.69 Å². The van der Waals surface area contributed by atoms with E-state index in [0.29, 0.717) is 6.04 Å². The summed E-state index contributed by atoms with van der Waals surface area (Å²) >= 11 is 0. The van der Waals surface area contributed by atoms with Gasteiger partial charge in [0.05, 0.1) is 18.3 Å². The van der Waals surface area contributed by atoms with E-state index in [9.17, 15) is 0 Å². The Morgan fingerprint density at radius 3 is 2.64 bits per heavy atom. The van der Waals surface area contributed by atoms with Crippen LogP contribution in [0, 0.1) is 0 Å². The number of anilines is 1. The van der Waals surface area contributed by atoms with Gasteiger partial charge in [-0.15, -0.1) is 0 Å². The van der Waals surface area contributed by atoms with E-state index in [1.54, 1.807) is 7.11 Å². The number of likely N-dealkylation sites (N-methyl/N-ethyl adjacent to an activating group) is 1. The summed E-state index contributed by atoms with van der Waals surface area (Å²) < 4.78 is 5.42. The van der Waals surface area contributed by atoms with Crippen molar-refractivity contribution in [3.8, 4) is 5.75 Å². The number of aromatic nitrogens is 1. The first-order chi connectivity index (χ1) is 10.7. The zero-order valence-electron chi connectivity index (χ0n) is 14.1. The average Bonchev–Trinajstić information content (AvgIpc) is 2.58. The molecule has 0 aliphatic rings. The molecule has 1 atom stereocenters. The topological polar surface area (TPSA) is 37.4 Å². The van der Waals surface area contributed by atoms with E-state index in [4.69, 9.17) is 4.74 Å². The van der Waals surface area contributed by atoms with Gasteiger partial charge >= 0.3 is 0 Å². The summed E-state index contributed by atoms with van der Waals surface area (Å²) in [7, 11) is 1.70. The molecule has 1 aromatic heterocycles. The quantitative estimate of drug-likeness (QED) is 0.805. The van der Waals surface area contributed by atoms with Gasteiger partial charge in [-0.2, -0.15) is 0 Å². The highest BCUT2D eigenvalue weighted by atomic mass is 16.5. The van der Waals surface area contributed by atoms with Crippen LogP contribution < -0.4 is 10.1 Å². The van der Waals surface area contributed by atoms with Crippen LogP contribution in [0.2, 0.25) is 0 Å². The molecule has 0 bridgehead atoms. The second-order valence-electron chi connectivity index (χ2n) is 5.49. The molecule has 1 aromatic carbocycles. The lowest BCUT2D eigenvalue weighted by Gasteiger charge is -2.26. The molecule has 0 radical (unpaired) electrons. The Morgan fingerprint density at radius 2 is 2.00 bits per heavy atom. The molecule has 1 unspecified atom stereocenters. The summed E-state index contributed by atoms with van der Waals surface area (Å²) in [6, 6.07) is 8.50. The second-order valence-corrected chi connectivity index (χ2v) is 5.49. The largest absolute Gasteiger partial charge is 0.497 e. The molecular formula is C18H27N3O. The van der Waals surface area contributed by atoms with Crippen molar-refractivity contribution < 1.29 is 4.74 Å². The third-order valence-corrected chi connectivity index (χ3v) is 4.14. The molecule has 1 N–H and O–H groups in total. The van der Waals surface area contributed by atoms with Crippen molar-refractivity contribution >= 4 is 16.6 Å². The SMILES string of the molecule is CCC(CN(CC)CC)Nc1cc(OC)cc2cccnc12. The number of nitrogens with one attached hydrogen (secondary N) is 1. The minimum absolute atomic E-state index is 0.400. The number of methoxy groups -OCH3 is 1. The van der Waals surface area contributed by atoms with E-state index < -0.39 is 0 Å². The van der Waals surface area contributed by atoms with Crippen LogP contribution in [0.1, 0.15) is 27.2 Å². The van der Waals surface area contributed by atoms with Crippen molar-refractivity contribution in [3.05, 3.63) is 30.5 Å². The summed E-state index contributed by atoms with van der Waals surface area (Å²) in [5.74, 6) is 0.862. The van der Waals surface area contributed by atoms with Gasteiger partial charge in [0.1, 0.15) is 5.75 Å². The highest BCUT2D eigenvalue weighted by Gasteiger charge is 2.13. The fraction of sp³-hybridized carbons (Fsp3) is 0.500. The number of hydrogen-bond acceptors (Lipinski definition) is 4. The minimum Gasteiger partial charge on any atom is -0.497 e. The van der Waals surface area contributed by atoms with E-state index in [1.807, 2.05) is 24.4 Å². The Bertz CT molecular complexity index is 596. The zero-order valence-corrected chi connectivity index (χ0v) is 14.1. The van der Waals surface area contributed by atoms with E-state index >= 15 is 0 Å². The molecule has 4 heteroatoms. The lowest BCUT2D eigenvalue weighted by molar-refractivity contribution is 0.287. The number of pyridine rings is 1. The lowest BCUT2D eigenvalue weighted by Crippen LogP contribution is -2.36. The highest BCUT2D eigenvalue weighted by molar-refractivity contribution is 5.91. The molecule has 0 saturated carbocycles. The smallest absolute Gasteiger partial charge is 0.121 e. The fourth-order valence-electron chi connectivity index (χ4n) is 2.68. The maximum absolute atomic E-state index is 5.42. The van der Waals surface area contributed by atoms with Crippen LogP contribution in [-0.4, -0.2) is 42.7 Å². The van der Waals surface area contributed by atoms with Crippen molar-refractivity contribution in [1.82, 2.24) is 9.88 Å². The summed E-state index contributed by atoms with van der Waals surface area (Å²) in [5.41, 5.74) is 2.05. The molecule has 0 aliphatic carbocycles. The third-order valence-electron chi connectivity index (χ3n) is 4.14. The predicted molar refractivity (Wildman–Crippen MR) is 93.8 cm³/mol. The van der Waals surface area contributed by atoms with Gasteiger partial charge in [-0.05, 0) is 31.6 Å². The number of benzene rings is 1. The maximum atomic E-state index is 5.42. The van der Waals surface area contributed by atoms with Gasteiger partial charge in [0.15, 0.2) is 0 Å². The summed E-state index contributed by atoms with van der Waals surface area (Å²) in [6.07, 6.45) is 2.91. The van der Waals surface area contributed by atoms with E-state index in [1.165, 1.54) is 0 Å². The van der Waals surface area contributed by atoms with Gasteiger partial charge in [-0.1, -0.05) is 26.8 Å². The molecule has 0 amide bonds. The van der Waals surface area contributed by atoms with Gasteiger partial charge < -0.3 is 15.0 Å². The van der Waals surface area contributed by atoms with Gasteiger partial charge in [-0.3, -0.25) is 4.98 Å². The standard InChI is InChI=1S/C18H27N3O/c1-5-15(13-21(6-2)7-3)20-17-12-16(22-4)11-14-9-8-10-19-18(14)17/h8-12,15,20H,5-7,13H2,1-4H3. The first kappa shape index (κ1) is 16.6. The van der Waals surface area contributed by atoms with Gasteiger partial charge in [0, 0.05) is 30.2 Å². The van der Waals surface area contributed by atoms with E-state index in [-0.39, 0.29) is 0 Å². The molecule has 120 valence electrons. The molecule has 2 rings (SSSR count). The Kier molecular flexibility index (Phi) is 6.01. The number of fused-ring (bicyclic) bond motifs is 1. The molecule has 4 nitrogen and oxygen atoms in total. The monoisotopic (exact) mass is 301 g/mol. The summed E-state index contributed by atoms with van der Waals surface area (Å²) in [6.45, 7) is 9.82. The first-order valence-corrected chi connectivity index (χ1v) is 8.13. The van der Waals surface area contributed by atoms with Crippen molar-refractivity contribution in [2.75, 3.05) is 32.1 Å². The number of rotatable bonds is 8. The molecule has 0 spiro atoms. The van der Waals surface area contributed by atoms with E-state index in [2.05, 4.69) is 42.0 Å². The lowest BCUT2D eigenvalue weighted by atomic mass is 10.1. The number of nitrogens with zero attached hydrogens (tertiary/aromatic N) is 2. The molecule has 0 saturated heterocycles. The van der Waals surface area contributed by atoms with Crippen LogP contribution in [0.5, 0.6) is 5.75 Å². The van der Waals surface area contributed by atoms with Crippen molar-refractivity contribution in [3.63, 3.8) is 0 Å². The van der Waals surface area contributed by atoms with Crippen molar-refractivity contribution in [2.45, 2.75) is 33.2 Å². The Labute approximate surface area is 133 Å². The first-order valence-electron chi connectivity index (χ1n) is 8.13. The van der Waals surface area contributed by atoms with Crippen LogP contribution in [0.3, 0.4) is 0 Å². The van der Waals surface area contributed by atoms with Gasteiger partial charge in [0.25, 0.3) is 0 Å². The Hall–Kier alpha value is -1.81. The molecule has 22 heavy (non-hydrogen) atoms. The maximum Gasteiger partial charge on any atom is 0.121 e. The fourth-order valence-corrected chi connectivity index (χ4v) is 2.68. The normalized spacial score (nSPS) is 12.6. The van der Waals surface area contributed by atoms with Gasteiger partial charge in [0.2, 0.25) is 0 Å². The highest BCUT2D eigenvalue weighted by Crippen LogP contribution is 2.28. The molecule has 2 aromatic rings. The van der Waals surface area contributed by atoms with Crippen LogP contribution in [0.15, 0.2) is 30.5 Å².